The summed E-state index contributed by atoms with van der Waals surface area (Å²) in [4.78, 5) is 11.6. The Balaban J connectivity index is 2.99. The SMILES string of the molecule is Nc1cc2ccc(Cl)cc2c(=O)n1N. The molecule has 5 heteroatoms. The monoisotopic (exact) mass is 209 g/mol. The second-order valence-corrected chi connectivity index (χ2v) is 3.41. The molecule has 0 spiro atoms. The molecule has 0 aliphatic carbocycles. The molecule has 2 rings (SSSR count). The van der Waals surface area contributed by atoms with Gasteiger partial charge in [0.1, 0.15) is 5.82 Å². The highest BCUT2D eigenvalue weighted by atomic mass is 35.5. The first-order chi connectivity index (χ1) is 6.59. The summed E-state index contributed by atoms with van der Waals surface area (Å²) in [5.41, 5.74) is 5.18. The largest absolute Gasteiger partial charge is 0.384 e. The number of nitrogen functional groups attached to an aromatic ring is 2. The summed E-state index contributed by atoms with van der Waals surface area (Å²) >= 11 is 5.76. The van der Waals surface area contributed by atoms with Gasteiger partial charge in [0.25, 0.3) is 5.56 Å². The molecular formula is C9H8ClN3O. The first kappa shape index (κ1) is 8.90. The first-order valence-electron chi connectivity index (χ1n) is 3.95. The fraction of sp³-hybridized carbons (Fsp3) is 0. The lowest BCUT2D eigenvalue weighted by Crippen LogP contribution is -2.29. The van der Waals surface area contributed by atoms with Crippen molar-refractivity contribution in [2.75, 3.05) is 11.6 Å². The number of anilines is 1. The molecule has 2 aromatic rings. The van der Waals surface area contributed by atoms with Crippen LogP contribution in [0.1, 0.15) is 0 Å². The molecule has 0 radical (unpaired) electrons. The Hall–Kier alpha value is -1.68. The van der Waals surface area contributed by atoms with Crippen LogP contribution in [-0.4, -0.2) is 4.68 Å². The van der Waals surface area contributed by atoms with Crippen LogP contribution in [0, 0.1) is 0 Å². The van der Waals surface area contributed by atoms with Crippen molar-refractivity contribution < 1.29 is 0 Å². The molecule has 0 saturated heterocycles. The fourth-order valence-electron chi connectivity index (χ4n) is 1.32. The van der Waals surface area contributed by atoms with Crippen LogP contribution in [0.2, 0.25) is 5.02 Å². The van der Waals surface area contributed by atoms with Crippen LogP contribution < -0.4 is 17.1 Å². The Labute approximate surface area is 84.7 Å². The van der Waals surface area contributed by atoms with Crippen LogP contribution in [0.3, 0.4) is 0 Å². The average molecular weight is 210 g/mol. The van der Waals surface area contributed by atoms with E-state index in [0.29, 0.717) is 10.4 Å². The van der Waals surface area contributed by atoms with Gasteiger partial charge in [0.15, 0.2) is 0 Å². The zero-order valence-corrected chi connectivity index (χ0v) is 7.95. The van der Waals surface area contributed by atoms with Gasteiger partial charge in [-0.15, -0.1) is 0 Å². The lowest BCUT2D eigenvalue weighted by molar-refractivity contribution is 0.968. The van der Waals surface area contributed by atoms with Crippen molar-refractivity contribution in [2.24, 2.45) is 0 Å². The number of fused-ring (bicyclic) bond motifs is 1. The van der Waals surface area contributed by atoms with E-state index in [9.17, 15) is 4.79 Å². The average Bonchev–Trinajstić information content (AvgIpc) is 2.16. The predicted molar refractivity (Wildman–Crippen MR) is 57.8 cm³/mol. The lowest BCUT2D eigenvalue weighted by atomic mass is 10.2. The van der Waals surface area contributed by atoms with Gasteiger partial charge in [0, 0.05) is 5.02 Å². The molecule has 0 unspecified atom stereocenters. The summed E-state index contributed by atoms with van der Waals surface area (Å²) in [5, 5.41) is 1.70. The van der Waals surface area contributed by atoms with Crippen LogP contribution in [0.4, 0.5) is 5.82 Å². The van der Waals surface area contributed by atoms with Gasteiger partial charge in [-0.2, -0.15) is 0 Å². The minimum Gasteiger partial charge on any atom is -0.384 e. The first-order valence-corrected chi connectivity index (χ1v) is 4.33. The summed E-state index contributed by atoms with van der Waals surface area (Å²) < 4.78 is 0.901. The number of pyridine rings is 1. The van der Waals surface area contributed by atoms with Crippen molar-refractivity contribution in [3.05, 3.63) is 39.6 Å². The van der Waals surface area contributed by atoms with Gasteiger partial charge in [-0.1, -0.05) is 17.7 Å². The van der Waals surface area contributed by atoms with Crippen molar-refractivity contribution >= 4 is 28.2 Å². The maximum Gasteiger partial charge on any atom is 0.278 e. The molecule has 0 amide bonds. The van der Waals surface area contributed by atoms with Crippen molar-refractivity contribution in [1.82, 2.24) is 4.68 Å². The third kappa shape index (κ3) is 1.20. The molecule has 4 nitrogen and oxygen atoms in total. The number of hydrogen-bond acceptors (Lipinski definition) is 3. The van der Waals surface area contributed by atoms with Gasteiger partial charge >= 0.3 is 0 Å². The molecule has 72 valence electrons. The molecule has 1 aromatic carbocycles. The van der Waals surface area contributed by atoms with Gasteiger partial charge in [0.05, 0.1) is 5.39 Å². The molecule has 0 atom stereocenters. The van der Waals surface area contributed by atoms with Gasteiger partial charge in [-0.25, -0.2) is 4.68 Å². The molecule has 4 N–H and O–H groups in total. The van der Waals surface area contributed by atoms with E-state index in [1.54, 1.807) is 24.3 Å². The van der Waals surface area contributed by atoms with Gasteiger partial charge in [-0.05, 0) is 23.6 Å². The van der Waals surface area contributed by atoms with Crippen LogP contribution in [-0.2, 0) is 0 Å². The van der Waals surface area contributed by atoms with Crippen molar-refractivity contribution in [1.29, 1.82) is 0 Å². The number of nitrogens with zero attached hydrogens (tertiary/aromatic N) is 1. The molecule has 0 aliphatic heterocycles. The molecule has 1 heterocycles. The predicted octanol–water partition coefficient (Wildman–Crippen LogP) is 0.951. The molecule has 0 fully saturated rings. The number of rotatable bonds is 0. The molecule has 0 bridgehead atoms. The number of nitrogens with two attached hydrogens (primary N) is 2. The third-order valence-corrected chi connectivity index (χ3v) is 2.28. The summed E-state index contributed by atoms with van der Waals surface area (Å²) in [6.45, 7) is 0. The topological polar surface area (TPSA) is 74.0 Å². The zero-order valence-electron chi connectivity index (χ0n) is 7.20. The Morgan fingerprint density at radius 2 is 2.00 bits per heavy atom. The van der Waals surface area contributed by atoms with Gasteiger partial charge in [-0.3, -0.25) is 4.79 Å². The number of aromatic nitrogens is 1. The maximum atomic E-state index is 11.6. The van der Waals surface area contributed by atoms with E-state index in [-0.39, 0.29) is 11.4 Å². The Morgan fingerprint density at radius 1 is 1.29 bits per heavy atom. The number of halogens is 1. The minimum absolute atomic E-state index is 0.227. The maximum absolute atomic E-state index is 11.6. The van der Waals surface area contributed by atoms with E-state index in [1.165, 1.54) is 0 Å². The second-order valence-electron chi connectivity index (χ2n) is 2.98. The number of benzene rings is 1. The van der Waals surface area contributed by atoms with Crippen LogP contribution in [0.5, 0.6) is 0 Å². The second kappa shape index (κ2) is 2.92. The molecule has 1 aromatic heterocycles. The molecule has 14 heavy (non-hydrogen) atoms. The van der Waals surface area contributed by atoms with E-state index >= 15 is 0 Å². The highest BCUT2D eigenvalue weighted by Gasteiger charge is 2.04. The molecule has 0 saturated carbocycles. The summed E-state index contributed by atoms with van der Waals surface area (Å²) in [6, 6.07) is 6.63. The highest BCUT2D eigenvalue weighted by molar-refractivity contribution is 6.31. The Morgan fingerprint density at radius 3 is 2.71 bits per heavy atom. The van der Waals surface area contributed by atoms with Crippen LogP contribution in [0.25, 0.3) is 10.8 Å². The van der Waals surface area contributed by atoms with E-state index in [2.05, 4.69) is 0 Å². The lowest BCUT2D eigenvalue weighted by Gasteiger charge is -2.05. The molecular weight excluding hydrogens is 202 g/mol. The van der Waals surface area contributed by atoms with E-state index < -0.39 is 0 Å². The van der Waals surface area contributed by atoms with Crippen LogP contribution in [0.15, 0.2) is 29.1 Å². The Kier molecular flexibility index (Phi) is 1.86. The Bertz CT molecular complexity index is 562. The quantitative estimate of drug-likeness (QED) is 0.635. The number of hydrogen-bond donors (Lipinski definition) is 2. The minimum atomic E-state index is -0.345. The highest BCUT2D eigenvalue weighted by Crippen LogP contribution is 2.17. The van der Waals surface area contributed by atoms with Crippen molar-refractivity contribution in [3.63, 3.8) is 0 Å². The third-order valence-electron chi connectivity index (χ3n) is 2.05. The standard InChI is InChI=1S/C9H8ClN3O/c10-6-2-1-5-3-8(11)13(12)9(14)7(5)4-6/h1-4H,11-12H2. The summed E-state index contributed by atoms with van der Waals surface area (Å²) in [7, 11) is 0. The van der Waals surface area contributed by atoms with Gasteiger partial charge in [0.2, 0.25) is 0 Å². The smallest absolute Gasteiger partial charge is 0.278 e. The zero-order chi connectivity index (χ0) is 10.3. The van der Waals surface area contributed by atoms with Crippen molar-refractivity contribution in [2.45, 2.75) is 0 Å². The fourth-order valence-corrected chi connectivity index (χ4v) is 1.49. The molecule has 0 aliphatic rings. The normalized spacial score (nSPS) is 10.6. The van der Waals surface area contributed by atoms with E-state index in [1.807, 2.05) is 0 Å². The van der Waals surface area contributed by atoms with E-state index in [4.69, 9.17) is 23.2 Å². The van der Waals surface area contributed by atoms with Crippen molar-refractivity contribution in [3.8, 4) is 0 Å². The summed E-state index contributed by atoms with van der Waals surface area (Å²) in [5.74, 6) is 5.66. The summed E-state index contributed by atoms with van der Waals surface area (Å²) in [6.07, 6.45) is 0. The van der Waals surface area contributed by atoms with Crippen LogP contribution >= 0.6 is 11.6 Å². The van der Waals surface area contributed by atoms with E-state index in [0.717, 1.165) is 10.1 Å². The van der Waals surface area contributed by atoms with Gasteiger partial charge < -0.3 is 11.6 Å².